The molecule has 32 heavy (non-hydrogen) atoms. The van der Waals surface area contributed by atoms with E-state index in [1.807, 2.05) is 62.6 Å². The molecule has 0 bridgehead atoms. The van der Waals surface area contributed by atoms with Crippen LogP contribution in [0.5, 0.6) is 5.75 Å². The second kappa shape index (κ2) is 8.65. The smallest absolute Gasteiger partial charge is 0.330 e. The Hall–Kier alpha value is -2.74. The SMILES string of the molecule is CCOc1ccc(-n2c(C)cc(C(=O)COC(=O)[C@H]3CS[C@]4(C)CCC(=O)N34)c2C)cc1. The summed E-state index contributed by atoms with van der Waals surface area (Å²) in [5, 5.41) is 0. The second-order valence-electron chi connectivity index (χ2n) is 8.34. The van der Waals surface area contributed by atoms with Crippen LogP contribution in [-0.2, 0) is 14.3 Å². The van der Waals surface area contributed by atoms with Crippen molar-refractivity contribution in [3.8, 4) is 11.4 Å². The number of hydrogen-bond acceptors (Lipinski definition) is 6. The topological polar surface area (TPSA) is 77.8 Å². The van der Waals surface area contributed by atoms with Crippen molar-refractivity contribution in [2.24, 2.45) is 0 Å². The van der Waals surface area contributed by atoms with Crippen LogP contribution in [-0.4, -0.2) is 57.0 Å². The number of ether oxygens (including phenoxy) is 2. The molecule has 0 N–H and O–H groups in total. The number of aromatic nitrogens is 1. The average Bonchev–Trinajstić information content (AvgIpc) is 3.37. The van der Waals surface area contributed by atoms with Gasteiger partial charge in [-0.15, -0.1) is 11.8 Å². The summed E-state index contributed by atoms with van der Waals surface area (Å²) in [5.74, 6) is 0.501. The average molecular weight is 457 g/mol. The van der Waals surface area contributed by atoms with Crippen LogP contribution in [0.2, 0.25) is 0 Å². The lowest BCUT2D eigenvalue weighted by molar-refractivity contribution is -0.152. The summed E-state index contributed by atoms with van der Waals surface area (Å²) < 4.78 is 12.9. The Morgan fingerprint density at radius 1 is 1.22 bits per heavy atom. The first kappa shape index (κ1) is 22.5. The van der Waals surface area contributed by atoms with Crippen LogP contribution >= 0.6 is 11.8 Å². The molecule has 2 saturated heterocycles. The summed E-state index contributed by atoms with van der Waals surface area (Å²) in [6, 6.07) is 8.88. The lowest BCUT2D eigenvalue weighted by atomic mass is 10.1. The molecule has 1 amide bonds. The highest BCUT2D eigenvalue weighted by Gasteiger charge is 2.53. The van der Waals surface area contributed by atoms with Crippen LogP contribution in [0.25, 0.3) is 5.69 Å². The number of carbonyl (C=O) groups is 3. The van der Waals surface area contributed by atoms with Crippen molar-refractivity contribution in [2.75, 3.05) is 19.0 Å². The number of ketones is 1. The number of thioether (sulfide) groups is 1. The maximum atomic E-state index is 12.9. The summed E-state index contributed by atoms with van der Waals surface area (Å²) >= 11 is 1.60. The summed E-state index contributed by atoms with van der Waals surface area (Å²) in [6.45, 7) is 7.99. The molecule has 2 aliphatic heterocycles. The normalized spacial score (nSPS) is 22.2. The van der Waals surface area contributed by atoms with Crippen LogP contribution < -0.4 is 4.74 Å². The Morgan fingerprint density at radius 3 is 2.62 bits per heavy atom. The maximum absolute atomic E-state index is 12.9. The first-order valence-corrected chi connectivity index (χ1v) is 11.8. The number of aryl methyl sites for hydroxylation is 1. The Labute approximate surface area is 192 Å². The summed E-state index contributed by atoms with van der Waals surface area (Å²) in [4.78, 5) is 39.1. The number of benzene rings is 1. The van der Waals surface area contributed by atoms with Gasteiger partial charge in [0.15, 0.2) is 6.61 Å². The number of fused-ring (bicyclic) bond motifs is 1. The molecule has 0 spiro atoms. The molecule has 2 aliphatic rings. The van der Waals surface area contributed by atoms with E-state index in [0.29, 0.717) is 24.3 Å². The van der Waals surface area contributed by atoms with Crippen molar-refractivity contribution in [2.45, 2.75) is 51.4 Å². The van der Waals surface area contributed by atoms with Gasteiger partial charge in [0.25, 0.3) is 0 Å². The van der Waals surface area contributed by atoms with E-state index in [2.05, 4.69) is 0 Å². The number of nitrogens with zero attached hydrogens (tertiary/aromatic N) is 2. The number of Topliss-reactive ketones (excluding diaryl/α,β-unsaturated/α-hetero) is 1. The Bertz CT molecular complexity index is 1060. The van der Waals surface area contributed by atoms with E-state index in [1.54, 1.807) is 16.7 Å². The lowest BCUT2D eigenvalue weighted by Crippen LogP contribution is -2.46. The van der Waals surface area contributed by atoms with Gasteiger partial charge < -0.3 is 18.9 Å². The molecular weight excluding hydrogens is 428 g/mol. The number of rotatable bonds is 7. The number of hydrogen-bond donors (Lipinski definition) is 0. The standard InChI is InChI=1S/C24H28N2O5S/c1-5-30-18-8-6-17(7-9-18)25-15(2)12-19(16(25)3)21(27)13-31-23(29)20-14-32-24(4)11-10-22(28)26(20)24/h6-9,12,20H,5,10-11,13-14H2,1-4H3/t20-,24-/m1/s1. The van der Waals surface area contributed by atoms with Gasteiger partial charge in [-0.1, -0.05) is 0 Å². The molecule has 0 saturated carbocycles. The first-order chi connectivity index (χ1) is 15.2. The molecule has 0 unspecified atom stereocenters. The predicted octanol–water partition coefficient (Wildman–Crippen LogP) is 3.67. The fourth-order valence-electron chi connectivity index (χ4n) is 4.61. The molecule has 2 atom stereocenters. The van der Waals surface area contributed by atoms with Crippen molar-refractivity contribution in [3.05, 3.63) is 47.3 Å². The molecule has 4 rings (SSSR count). The zero-order valence-corrected chi connectivity index (χ0v) is 19.7. The van der Waals surface area contributed by atoms with Gasteiger partial charge in [0.05, 0.1) is 11.5 Å². The van der Waals surface area contributed by atoms with Gasteiger partial charge >= 0.3 is 5.97 Å². The third kappa shape index (κ3) is 3.92. The highest BCUT2D eigenvalue weighted by Crippen LogP contribution is 2.47. The van der Waals surface area contributed by atoms with Gasteiger partial charge in [-0.05, 0) is 64.4 Å². The minimum absolute atomic E-state index is 0.0234. The maximum Gasteiger partial charge on any atom is 0.330 e. The Balaban J connectivity index is 1.45. The number of esters is 1. The summed E-state index contributed by atoms with van der Waals surface area (Å²) in [6.07, 6.45) is 1.18. The molecule has 1 aromatic carbocycles. The van der Waals surface area contributed by atoms with E-state index in [9.17, 15) is 14.4 Å². The second-order valence-corrected chi connectivity index (χ2v) is 9.85. The van der Waals surface area contributed by atoms with Crippen molar-refractivity contribution in [1.82, 2.24) is 9.47 Å². The van der Waals surface area contributed by atoms with Crippen molar-refractivity contribution < 1.29 is 23.9 Å². The van der Waals surface area contributed by atoms with Crippen molar-refractivity contribution in [3.63, 3.8) is 0 Å². The zero-order chi connectivity index (χ0) is 23.0. The predicted molar refractivity (Wildman–Crippen MR) is 122 cm³/mol. The Morgan fingerprint density at radius 2 is 1.94 bits per heavy atom. The van der Waals surface area contributed by atoms with Gasteiger partial charge in [-0.2, -0.15) is 0 Å². The number of carbonyl (C=O) groups excluding carboxylic acids is 3. The molecule has 8 heteroatoms. The molecule has 1 aromatic heterocycles. The quantitative estimate of drug-likeness (QED) is 0.467. The molecule has 3 heterocycles. The highest BCUT2D eigenvalue weighted by molar-refractivity contribution is 8.01. The van der Waals surface area contributed by atoms with E-state index in [4.69, 9.17) is 9.47 Å². The molecular formula is C24H28N2O5S. The molecule has 2 fully saturated rings. The fraction of sp³-hybridized carbons (Fsp3) is 0.458. The van der Waals surface area contributed by atoms with Gasteiger partial charge in [-0.3, -0.25) is 9.59 Å². The minimum atomic E-state index is -0.621. The molecule has 0 aliphatic carbocycles. The monoisotopic (exact) mass is 456 g/mol. The first-order valence-electron chi connectivity index (χ1n) is 10.8. The van der Waals surface area contributed by atoms with E-state index in [1.165, 1.54) is 0 Å². The fourth-order valence-corrected chi connectivity index (χ4v) is 6.02. The molecule has 7 nitrogen and oxygen atoms in total. The van der Waals surface area contributed by atoms with Crippen molar-refractivity contribution >= 4 is 29.4 Å². The molecule has 170 valence electrons. The van der Waals surface area contributed by atoms with Crippen molar-refractivity contribution in [1.29, 1.82) is 0 Å². The third-order valence-corrected chi connectivity index (χ3v) is 7.71. The summed E-state index contributed by atoms with van der Waals surface area (Å²) in [7, 11) is 0. The van der Waals surface area contributed by atoms with Crippen LogP contribution in [0.1, 0.15) is 48.4 Å². The largest absolute Gasteiger partial charge is 0.494 e. The van der Waals surface area contributed by atoms with Gasteiger partial charge in [-0.25, -0.2) is 4.79 Å². The summed E-state index contributed by atoms with van der Waals surface area (Å²) in [5.41, 5.74) is 3.14. The van der Waals surface area contributed by atoms with Gasteiger partial charge in [0.2, 0.25) is 11.7 Å². The number of amides is 1. The molecule has 2 aromatic rings. The van der Waals surface area contributed by atoms with E-state index in [-0.39, 0.29) is 23.2 Å². The third-order valence-electron chi connectivity index (χ3n) is 6.20. The lowest BCUT2D eigenvalue weighted by Gasteiger charge is -2.29. The van der Waals surface area contributed by atoms with Crippen LogP contribution in [0, 0.1) is 13.8 Å². The van der Waals surface area contributed by atoms with Crippen LogP contribution in [0.4, 0.5) is 0 Å². The van der Waals surface area contributed by atoms with Gasteiger partial charge in [0.1, 0.15) is 11.8 Å². The van der Waals surface area contributed by atoms with Gasteiger partial charge in [0, 0.05) is 34.8 Å². The highest BCUT2D eigenvalue weighted by atomic mass is 32.2. The van der Waals surface area contributed by atoms with E-state index in [0.717, 1.165) is 29.2 Å². The van der Waals surface area contributed by atoms with Crippen LogP contribution in [0.15, 0.2) is 30.3 Å². The van der Waals surface area contributed by atoms with Crippen LogP contribution in [0.3, 0.4) is 0 Å². The van der Waals surface area contributed by atoms with E-state index < -0.39 is 12.0 Å². The van der Waals surface area contributed by atoms with E-state index >= 15 is 0 Å². The minimum Gasteiger partial charge on any atom is -0.494 e. The Kier molecular flexibility index (Phi) is 6.07. The molecule has 0 radical (unpaired) electrons. The zero-order valence-electron chi connectivity index (χ0n) is 18.8.